The van der Waals surface area contributed by atoms with Crippen LogP contribution < -0.4 is 5.73 Å². The normalized spacial score (nSPS) is 15.5. The molecule has 1 saturated heterocycles. The number of carbonyl (C=O) groups is 2. The molecular formula is C23H26N4O5S. The van der Waals surface area contributed by atoms with Crippen LogP contribution in [-0.2, 0) is 16.6 Å². The molecular weight excluding hydrogens is 444 g/mol. The number of primary amides is 1. The summed E-state index contributed by atoms with van der Waals surface area (Å²) in [4.78, 5) is 27.2. The van der Waals surface area contributed by atoms with Crippen LogP contribution in [0.4, 0.5) is 0 Å². The van der Waals surface area contributed by atoms with Crippen LogP contribution in [0.1, 0.15) is 32.3 Å². The molecule has 10 heteroatoms. The van der Waals surface area contributed by atoms with Gasteiger partial charge in [-0.3, -0.25) is 14.5 Å². The number of rotatable bonds is 8. The van der Waals surface area contributed by atoms with E-state index in [4.69, 9.17) is 10.2 Å². The number of benzene rings is 1. The van der Waals surface area contributed by atoms with Crippen molar-refractivity contribution in [2.45, 2.75) is 18.4 Å². The molecule has 0 aliphatic carbocycles. The Labute approximate surface area is 192 Å². The van der Waals surface area contributed by atoms with E-state index in [0.717, 1.165) is 0 Å². The maximum absolute atomic E-state index is 13.2. The molecule has 1 fully saturated rings. The van der Waals surface area contributed by atoms with Gasteiger partial charge in [-0.15, -0.1) is 0 Å². The van der Waals surface area contributed by atoms with Crippen molar-refractivity contribution in [3.05, 3.63) is 77.5 Å². The molecule has 3 heterocycles. The Kier molecular flexibility index (Phi) is 6.50. The summed E-state index contributed by atoms with van der Waals surface area (Å²) in [5.74, 6) is -0.116. The lowest BCUT2D eigenvalue weighted by Crippen LogP contribution is -2.49. The summed E-state index contributed by atoms with van der Waals surface area (Å²) in [6, 6.07) is 13.4. The van der Waals surface area contributed by atoms with E-state index >= 15 is 0 Å². The molecule has 174 valence electrons. The standard InChI is InChI=1S/C23H26N4O5S/c1-17-20(23(24)29)14-21(27(17)15-18-6-5-13-32-18)22(28)16-25-9-11-26(12-10-25)33(30,31)19-7-3-2-4-8-19/h2-8,13-14H,9-12,15-16H2,1H3,(H2,24,29). The average Bonchev–Trinajstić information content (AvgIpc) is 3.43. The zero-order chi connectivity index (χ0) is 23.6. The molecule has 0 unspecified atom stereocenters. The van der Waals surface area contributed by atoms with E-state index in [2.05, 4.69) is 0 Å². The third-order valence-electron chi connectivity index (χ3n) is 5.89. The number of hydrogen-bond donors (Lipinski definition) is 1. The highest BCUT2D eigenvalue weighted by Crippen LogP contribution is 2.20. The Balaban J connectivity index is 1.46. The number of furan rings is 1. The van der Waals surface area contributed by atoms with Crippen LogP contribution in [0.3, 0.4) is 0 Å². The first-order valence-corrected chi connectivity index (χ1v) is 12.0. The zero-order valence-electron chi connectivity index (χ0n) is 18.3. The van der Waals surface area contributed by atoms with Gasteiger partial charge < -0.3 is 14.7 Å². The van der Waals surface area contributed by atoms with Gasteiger partial charge in [-0.2, -0.15) is 4.31 Å². The largest absolute Gasteiger partial charge is 0.467 e. The van der Waals surface area contributed by atoms with E-state index in [-0.39, 0.29) is 17.2 Å². The number of aromatic nitrogens is 1. The minimum absolute atomic E-state index is 0.110. The van der Waals surface area contributed by atoms with Gasteiger partial charge in [-0.05, 0) is 37.3 Å². The average molecular weight is 471 g/mol. The fraction of sp³-hybridized carbons (Fsp3) is 0.304. The molecule has 1 aromatic carbocycles. The molecule has 1 amide bonds. The van der Waals surface area contributed by atoms with Crippen molar-refractivity contribution in [3.8, 4) is 0 Å². The second-order valence-electron chi connectivity index (χ2n) is 7.97. The van der Waals surface area contributed by atoms with Gasteiger partial charge in [-0.25, -0.2) is 8.42 Å². The van der Waals surface area contributed by atoms with Crippen molar-refractivity contribution < 1.29 is 22.4 Å². The second-order valence-corrected chi connectivity index (χ2v) is 9.91. The van der Waals surface area contributed by atoms with Gasteiger partial charge in [-0.1, -0.05) is 18.2 Å². The SMILES string of the molecule is Cc1c(C(N)=O)cc(C(=O)CN2CCN(S(=O)(=O)c3ccccc3)CC2)n1Cc1ccco1. The molecule has 4 rings (SSSR count). The van der Waals surface area contributed by atoms with Crippen LogP contribution in [0.5, 0.6) is 0 Å². The maximum atomic E-state index is 13.2. The third kappa shape index (κ3) is 4.77. The predicted octanol–water partition coefficient (Wildman–Crippen LogP) is 1.73. The number of sulfonamides is 1. The molecule has 1 aliphatic rings. The highest BCUT2D eigenvalue weighted by Gasteiger charge is 2.30. The Hall–Kier alpha value is -3.21. The number of nitrogens with two attached hydrogens (primary N) is 1. The van der Waals surface area contributed by atoms with Crippen LogP contribution in [0.25, 0.3) is 0 Å². The molecule has 0 radical (unpaired) electrons. The first-order valence-electron chi connectivity index (χ1n) is 10.6. The fourth-order valence-electron chi connectivity index (χ4n) is 4.04. The van der Waals surface area contributed by atoms with Crippen molar-refractivity contribution in [1.82, 2.24) is 13.8 Å². The molecule has 1 aliphatic heterocycles. The van der Waals surface area contributed by atoms with Gasteiger partial charge in [0.2, 0.25) is 10.0 Å². The summed E-state index contributed by atoms with van der Waals surface area (Å²) in [6.45, 7) is 3.60. The van der Waals surface area contributed by atoms with Crippen LogP contribution in [0.2, 0.25) is 0 Å². The maximum Gasteiger partial charge on any atom is 0.250 e. The fourth-order valence-corrected chi connectivity index (χ4v) is 5.48. The van der Waals surface area contributed by atoms with Gasteiger partial charge in [0.1, 0.15) is 5.76 Å². The lowest BCUT2D eigenvalue weighted by atomic mass is 10.2. The monoisotopic (exact) mass is 470 g/mol. The van der Waals surface area contributed by atoms with E-state index in [0.29, 0.717) is 55.4 Å². The number of amides is 1. The van der Waals surface area contributed by atoms with E-state index in [1.165, 1.54) is 10.4 Å². The molecule has 2 aromatic heterocycles. The van der Waals surface area contributed by atoms with Crippen molar-refractivity contribution in [3.63, 3.8) is 0 Å². The molecule has 3 aromatic rings. The Morgan fingerprint density at radius 2 is 1.73 bits per heavy atom. The van der Waals surface area contributed by atoms with Crippen LogP contribution in [0.15, 0.2) is 64.1 Å². The number of nitrogens with zero attached hydrogens (tertiary/aromatic N) is 3. The predicted molar refractivity (Wildman–Crippen MR) is 121 cm³/mol. The number of ketones is 1. The highest BCUT2D eigenvalue weighted by molar-refractivity contribution is 7.89. The van der Waals surface area contributed by atoms with Crippen molar-refractivity contribution in [2.24, 2.45) is 5.73 Å². The summed E-state index contributed by atoms with van der Waals surface area (Å²) in [5, 5.41) is 0. The van der Waals surface area contributed by atoms with E-state index in [1.54, 1.807) is 60.2 Å². The van der Waals surface area contributed by atoms with Gasteiger partial charge in [0.15, 0.2) is 5.78 Å². The number of hydrogen-bond acceptors (Lipinski definition) is 6. The summed E-state index contributed by atoms with van der Waals surface area (Å²) in [5.41, 5.74) is 6.76. The van der Waals surface area contributed by atoms with Gasteiger partial charge >= 0.3 is 0 Å². The first-order chi connectivity index (χ1) is 15.8. The van der Waals surface area contributed by atoms with E-state index in [9.17, 15) is 18.0 Å². The van der Waals surface area contributed by atoms with Gasteiger partial charge in [0.05, 0.1) is 35.5 Å². The van der Waals surface area contributed by atoms with Gasteiger partial charge in [0, 0.05) is 31.9 Å². The summed E-state index contributed by atoms with van der Waals surface area (Å²) >= 11 is 0. The Bertz CT molecular complexity index is 1240. The van der Waals surface area contributed by atoms with Crippen molar-refractivity contribution >= 4 is 21.7 Å². The smallest absolute Gasteiger partial charge is 0.250 e. The van der Waals surface area contributed by atoms with E-state index in [1.807, 2.05) is 4.90 Å². The number of carbonyl (C=O) groups excluding carboxylic acids is 2. The quantitative estimate of drug-likeness (QED) is 0.501. The molecule has 0 spiro atoms. The van der Waals surface area contributed by atoms with Crippen LogP contribution in [0, 0.1) is 6.92 Å². The lowest BCUT2D eigenvalue weighted by molar-refractivity contribution is 0.0892. The second kappa shape index (κ2) is 9.34. The molecule has 9 nitrogen and oxygen atoms in total. The molecule has 33 heavy (non-hydrogen) atoms. The zero-order valence-corrected chi connectivity index (χ0v) is 19.1. The summed E-state index contributed by atoms with van der Waals surface area (Å²) < 4.78 is 34.2. The highest BCUT2D eigenvalue weighted by atomic mass is 32.2. The van der Waals surface area contributed by atoms with Crippen molar-refractivity contribution in [1.29, 1.82) is 0 Å². The topological polar surface area (TPSA) is 119 Å². The third-order valence-corrected chi connectivity index (χ3v) is 7.80. The first kappa shape index (κ1) is 23.0. The number of Topliss-reactive ketones (excluding diaryl/α,β-unsaturated/α-hetero) is 1. The van der Waals surface area contributed by atoms with Crippen molar-refractivity contribution in [2.75, 3.05) is 32.7 Å². The minimum Gasteiger partial charge on any atom is -0.467 e. The minimum atomic E-state index is -3.56. The molecule has 0 saturated carbocycles. The number of piperazine rings is 1. The molecule has 0 atom stereocenters. The lowest BCUT2D eigenvalue weighted by Gasteiger charge is -2.33. The summed E-state index contributed by atoms with van der Waals surface area (Å²) in [7, 11) is -3.56. The summed E-state index contributed by atoms with van der Waals surface area (Å²) in [6.07, 6.45) is 1.55. The van der Waals surface area contributed by atoms with E-state index < -0.39 is 15.9 Å². The molecule has 2 N–H and O–H groups in total. The van der Waals surface area contributed by atoms with Crippen LogP contribution in [-0.4, -0.2) is 66.6 Å². The van der Waals surface area contributed by atoms with Crippen LogP contribution >= 0.6 is 0 Å². The Morgan fingerprint density at radius 1 is 1.03 bits per heavy atom. The van der Waals surface area contributed by atoms with Gasteiger partial charge in [0.25, 0.3) is 5.91 Å². The molecule has 0 bridgehead atoms. The Morgan fingerprint density at radius 3 is 2.33 bits per heavy atom.